The highest BCUT2D eigenvalue weighted by Crippen LogP contribution is 2.13. The third-order valence-corrected chi connectivity index (χ3v) is 3.38. The van der Waals surface area contributed by atoms with Crippen molar-refractivity contribution in [3.8, 4) is 0 Å². The van der Waals surface area contributed by atoms with Crippen LogP contribution in [0.15, 0.2) is 16.7 Å². The molecule has 1 saturated heterocycles. The van der Waals surface area contributed by atoms with E-state index in [0.29, 0.717) is 13.1 Å². The van der Waals surface area contributed by atoms with Crippen LogP contribution in [0.25, 0.3) is 0 Å². The Labute approximate surface area is 107 Å². The van der Waals surface area contributed by atoms with Gasteiger partial charge >= 0.3 is 0 Å². The Morgan fingerprint density at radius 1 is 1.44 bits per heavy atom. The molecule has 1 unspecified atom stereocenters. The Hall–Kier alpha value is -1.33. The van der Waals surface area contributed by atoms with Gasteiger partial charge in [-0.1, -0.05) is 0 Å². The smallest absolute Gasteiger partial charge is 0.251 e. The lowest BCUT2D eigenvalue weighted by molar-refractivity contribution is -0.141. The van der Waals surface area contributed by atoms with E-state index in [1.165, 1.54) is 6.92 Å². The molecule has 0 radical (unpaired) electrons. The molecule has 1 amide bonds. The van der Waals surface area contributed by atoms with Gasteiger partial charge < -0.3 is 14.4 Å². The van der Waals surface area contributed by atoms with Crippen LogP contribution < -0.4 is 0 Å². The molecule has 5 heteroatoms. The van der Waals surface area contributed by atoms with Crippen molar-refractivity contribution in [1.29, 1.82) is 0 Å². The second-order valence-corrected chi connectivity index (χ2v) is 4.80. The van der Waals surface area contributed by atoms with Crippen molar-refractivity contribution in [3.63, 3.8) is 0 Å². The van der Waals surface area contributed by atoms with Crippen molar-refractivity contribution in [2.75, 3.05) is 26.2 Å². The number of hydrogen-bond acceptors (Lipinski definition) is 4. The molecule has 1 aromatic heterocycles. The molecule has 1 aromatic rings. The molecule has 0 spiro atoms. The van der Waals surface area contributed by atoms with Gasteiger partial charge in [0.25, 0.3) is 5.91 Å². The van der Waals surface area contributed by atoms with Gasteiger partial charge in [0.15, 0.2) is 0 Å². The third-order valence-electron chi connectivity index (χ3n) is 3.38. The van der Waals surface area contributed by atoms with E-state index in [-0.39, 0.29) is 5.91 Å². The number of carbonyl (C=O) groups is 1. The van der Waals surface area contributed by atoms with Gasteiger partial charge in [-0.15, -0.1) is 0 Å². The molecule has 0 bridgehead atoms. The average Bonchev–Trinajstić information content (AvgIpc) is 2.75. The molecule has 1 atom stereocenters. The molecule has 1 N–H and O–H groups in total. The minimum Gasteiger partial charge on any atom is -0.468 e. The Morgan fingerprint density at radius 2 is 2.11 bits per heavy atom. The zero-order valence-electron chi connectivity index (χ0n) is 10.9. The van der Waals surface area contributed by atoms with Crippen LogP contribution in [0.4, 0.5) is 0 Å². The van der Waals surface area contributed by atoms with E-state index < -0.39 is 6.10 Å². The quantitative estimate of drug-likeness (QED) is 0.856. The number of aliphatic hydroxyl groups is 1. The molecule has 0 aromatic carbocycles. The van der Waals surface area contributed by atoms with Gasteiger partial charge in [0.1, 0.15) is 11.9 Å². The number of amides is 1. The molecule has 1 aliphatic heterocycles. The van der Waals surface area contributed by atoms with Crippen molar-refractivity contribution in [2.45, 2.75) is 26.5 Å². The second-order valence-electron chi connectivity index (χ2n) is 4.80. The first kappa shape index (κ1) is 13.1. The SMILES string of the molecule is Cc1ccoc1CN1CCN(C(=O)C(C)O)CC1. The highest BCUT2D eigenvalue weighted by molar-refractivity contribution is 5.80. The highest BCUT2D eigenvalue weighted by Gasteiger charge is 2.24. The minimum atomic E-state index is -0.899. The minimum absolute atomic E-state index is 0.177. The standard InChI is InChI=1S/C13H20N2O3/c1-10-3-8-18-12(10)9-14-4-6-15(7-5-14)13(17)11(2)16/h3,8,11,16H,4-7,9H2,1-2H3. The van der Waals surface area contributed by atoms with E-state index in [0.717, 1.165) is 31.0 Å². The number of aliphatic hydroxyl groups excluding tert-OH is 1. The summed E-state index contributed by atoms with van der Waals surface area (Å²) < 4.78 is 5.42. The second kappa shape index (κ2) is 5.54. The summed E-state index contributed by atoms with van der Waals surface area (Å²) in [6, 6.07) is 1.96. The summed E-state index contributed by atoms with van der Waals surface area (Å²) in [5, 5.41) is 9.26. The number of aryl methyl sites for hydroxylation is 1. The number of carbonyl (C=O) groups excluding carboxylic acids is 1. The molecule has 1 aliphatic rings. The van der Waals surface area contributed by atoms with E-state index in [2.05, 4.69) is 4.90 Å². The average molecular weight is 252 g/mol. The summed E-state index contributed by atoms with van der Waals surface area (Å²) in [5.41, 5.74) is 1.16. The maximum Gasteiger partial charge on any atom is 0.251 e. The van der Waals surface area contributed by atoms with Crippen LogP contribution in [0.1, 0.15) is 18.2 Å². The Morgan fingerprint density at radius 3 is 2.61 bits per heavy atom. The first-order valence-corrected chi connectivity index (χ1v) is 6.30. The van der Waals surface area contributed by atoms with Gasteiger partial charge in [0, 0.05) is 26.2 Å². The Balaban J connectivity index is 1.84. The van der Waals surface area contributed by atoms with Gasteiger partial charge in [-0.05, 0) is 25.5 Å². The predicted octanol–water partition coefficient (Wildman–Crippen LogP) is 0.613. The fraction of sp³-hybridized carbons (Fsp3) is 0.615. The van der Waals surface area contributed by atoms with Crippen LogP contribution in [0.5, 0.6) is 0 Å². The fourth-order valence-electron chi connectivity index (χ4n) is 2.16. The first-order valence-electron chi connectivity index (χ1n) is 6.30. The van der Waals surface area contributed by atoms with Crippen molar-refractivity contribution < 1.29 is 14.3 Å². The Bertz CT molecular complexity index is 406. The number of nitrogens with zero attached hydrogens (tertiary/aromatic N) is 2. The summed E-state index contributed by atoms with van der Waals surface area (Å²) in [4.78, 5) is 15.6. The fourth-order valence-corrected chi connectivity index (χ4v) is 2.16. The topological polar surface area (TPSA) is 56.9 Å². The lowest BCUT2D eigenvalue weighted by Gasteiger charge is -2.34. The van der Waals surface area contributed by atoms with E-state index in [1.807, 2.05) is 13.0 Å². The molecule has 0 saturated carbocycles. The lowest BCUT2D eigenvalue weighted by atomic mass is 10.2. The first-order chi connectivity index (χ1) is 8.58. The summed E-state index contributed by atoms with van der Waals surface area (Å²) in [6.07, 6.45) is 0.807. The van der Waals surface area contributed by atoms with Gasteiger partial charge in [-0.3, -0.25) is 9.69 Å². The van der Waals surface area contributed by atoms with Crippen LogP contribution in [0.2, 0.25) is 0 Å². The summed E-state index contributed by atoms with van der Waals surface area (Å²) in [5.74, 6) is 0.814. The molecule has 2 rings (SSSR count). The van der Waals surface area contributed by atoms with E-state index >= 15 is 0 Å². The Kier molecular flexibility index (Phi) is 4.04. The van der Waals surface area contributed by atoms with Crippen LogP contribution in [0.3, 0.4) is 0 Å². The van der Waals surface area contributed by atoms with E-state index in [4.69, 9.17) is 4.42 Å². The normalized spacial score (nSPS) is 18.9. The molecule has 1 fully saturated rings. The van der Waals surface area contributed by atoms with Crippen molar-refractivity contribution in [3.05, 3.63) is 23.7 Å². The number of rotatable bonds is 3. The molecule has 2 heterocycles. The summed E-state index contributed by atoms with van der Waals surface area (Å²) in [7, 11) is 0. The zero-order chi connectivity index (χ0) is 13.1. The van der Waals surface area contributed by atoms with Crippen LogP contribution in [-0.4, -0.2) is 53.1 Å². The molecule has 100 valence electrons. The predicted molar refractivity (Wildman–Crippen MR) is 67.0 cm³/mol. The monoisotopic (exact) mass is 252 g/mol. The van der Waals surface area contributed by atoms with Gasteiger partial charge in [0.05, 0.1) is 12.8 Å². The lowest BCUT2D eigenvalue weighted by Crippen LogP contribution is -2.50. The number of hydrogen-bond donors (Lipinski definition) is 1. The van der Waals surface area contributed by atoms with Crippen LogP contribution in [0, 0.1) is 6.92 Å². The number of piperazine rings is 1. The maximum absolute atomic E-state index is 11.6. The zero-order valence-corrected chi connectivity index (χ0v) is 10.9. The third kappa shape index (κ3) is 2.91. The number of furan rings is 1. The molecular formula is C13H20N2O3. The van der Waals surface area contributed by atoms with Crippen molar-refractivity contribution in [1.82, 2.24) is 9.80 Å². The van der Waals surface area contributed by atoms with E-state index in [1.54, 1.807) is 11.2 Å². The summed E-state index contributed by atoms with van der Waals surface area (Å²) in [6.45, 7) is 7.31. The highest BCUT2D eigenvalue weighted by atomic mass is 16.3. The molecule has 5 nitrogen and oxygen atoms in total. The van der Waals surface area contributed by atoms with Crippen molar-refractivity contribution in [2.24, 2.45) is 0 Å². The molecular weight excluding hydrogens is 232 g/mol. The van der Waals surface area contributed by atoms with Gasteiger partial charge in [0.2, 0.25) is 0 Å². The maximum atomic E-state index is 11.6. The van der Waals surface area contributed by atoms with Crippen molar-refractivity contribution >= 4 is 5.91 Å². The van der Waals surface area contributed by atoms with Crippen LogP contribution >= 0.6 is 0 Å². The van der Waals surface area contributed by atoms with Crippen LogP contribution in [-0.2, 0) is 11.3 Å². The summed E-state index contributed by atoms with van der Waals surface area (Å²) >= 11 is 0. The molecule has 18 heavy (non-hydrogen) atoms. The molecule has 0 aliphatic carbocycles. The van der Waals surface area contributed by atoms with Gasteiger partial charge in [-0.25, -0.2) is 0 Å². The van der Waals surface area contributed by atoms with Gasteiger partial charge in [-0.2, -0.15) is 0 Å². The van der Waals surface area contributed by atoms with E-state index in [9.17, 15) is 9.90 Å². The largest absolute Gasteiger partial charge is 0.468 e.